The first-order valence-corrected chi connectivity index (χ1v) is 12.1. The molecule has 0 saturated carbocycles. The van der Waals surface area contributed by atoms with E-state index in [4.69, 9.17) is 4.74 Å². The lowest BCUT2D eigenvalue weighted by atomic mass is 10.2. The number of carbonyl (C=O) groups excluding carboxylic acids is 1. The molecule has 8 heteroatoms. The van der Waals surface area contributed by atoms with Crippen LogP contribution in [-0.4, -0.2) is 75.0 Å². The highest BCUT2D eigenvalue weighted by Gasteiger charge is 2.35. The molecule has 2 aliphatic rings. The standard InChI is InChI=1S/C20H24N2O4S2/c1-26-17-13-18(15-5-3-2-4-6-15)27-19(17)20(23)22-10-8-21(9-11-22)16-7-12-28(24,25)14-16/h2-6,13,16H,7-12,14H2,1H3. The minimum Gasteiger partial charge on any atom is -0.495 e. The Balaban J connectivity index is 1.45. The van der Waals surface area contributed by atoms with E-state index >= 15 is 0 Å². The molecule has 2 saturated heterocycles. The van der Waals surface area contributed by atoms with Crippen molar-refractivity contribution in [3.05, 3.63) is 41.3 Å². The zero-order chi connectivity index (χ0) is 19.7. The first-order valence-electron chi connectivity index (χ1n) is 9.44. The first kappa shape index (κ1) is 19.4. The van der Waals surface area contributed by atoms with Gasteiger partial charge in [0.05, 0.1) is 18.6 Å². The number of ether oxygens (including phenoxy) is 1. The average Bonchev–Trinajstić information content (AvgIpc) is 3.31. The molecule has 1 aromatic carbocycles. The molecule has 1 aromatic heterocycles. The third-order valence-corrected chi connectivity index (χ3v) is 8.40. The van der Waals surface area contributed by atoms with E-state index in [2.05, 4.69) is 4.90 Å². The van der Waals surface area contributed by atoms with Crippen LogP contribution in [0.1, 0.15) is 16.1 Å². The van der Waals surface area contributed by atoms with E-state index in [0.717, 1.165) is 10.4 Å². The van der Waals surface area contributed by atoms with Gasteiger partial charge in [-0.1, -0.05) is 30.3 Å². The van der Waals surface area contributed by atoms with Gasteiger partial charge in [-0.3, -0.25) is 9.69 Å². The topological polar surface area (TPSA) is 66.9 Å². The number of amides is 1. The van der Waals surface area contributed by atoms with E-state index < -0.39 is 9.84 Å². The average molecular weight is 421 g/mol. The van der Waals surface area contributed by atoms with Crippen molar-refractivity contribution in [3.63, 3.8) is 0 Å². The minimum absolute atomic E-state index is 0.0114. The van der Waals surface area contributed by atoms with E-state index in [-0.39, 0.29) is 23.5 Å². The van der Waals surface area contributed by atoms with Crippen molar-refractivity contribution in [2.45, 2.75) is 12.5 Å². The van der Waals surface area contributed by atoms with Gasteiger partial charge in [0.1, 0.15) is 10.6 Å². The summed E-state index contributed by atoms with van der Waals surface area (Å²) in [5.74, 6) is 1.13. The fourth-order valence-electron chi connectivity index (χ4n) is 3.92. The number of benzene rings is 1. The van der Waals surface area contributed by atoms with E-state index in [9.17, 15) is 13.2 Å². The molecule has 0 radical (unpaired) electrons. The van der Waals surface area contributed by atoms with Gasteiger partial charge < -0.3 is 9.64 Å². The summed E-state index contributed by atoms with van der Waals surface area (Å²) in [6.07, 6.45) is 0.704. The molecule has 2 aliphatic heterocycles. The van der Waals surface area contributed by atoms with E-state index in [0.29, 0.717) is 43.2 Å². The number of methoxy groups -OCH3 is 1. The molecule has 6 nitrogen and oxygen atoms in total. The number of carbonyl (C=O) groups is 1. The smallest absolute Gasteiger partial charge is 0.267 e. The Hall–Kier alpha value is -1.90. The maximum absolute atomic E-state index is 13.1. The molecule has 0 bridgehead atoms. The van der Waals surface area contributed by atoms with E-state index in [1.807, 2.05) is 41.3 Å². The fraction of sp³-hybridized carbons (Fsp3) is 0.450. The number of sulfone groups is 1. The Bertz CT molecular complexity index is 948. The van der Waals surface area contributed by atoms with Crippen molar-refractivity contribution >= 4 is 27.1 Å². The molecule has 0 aliphatic carbocycles. The van der Waals surface area contributed by atoms with Crippen LogP contribution in [0.15, 0.2) is 36.4 Å². The number of piperazine rings is 1. The quantitative estimate of drug-likeness (QED) is 0.760. The summed E-state index contributed by atoms with van der Waals surface area (Å²) in [6.45, 7) is 2.64. The lowest BCUT2D eigenvalue weighted by Gasteiger charge is -2.37. The second-order valence-electron chi connectivity index (χ2n) is 7.26. The molecule has 3 heterocycles. The zero-order valence-corrected chi connectivity index (χ0v) is 17.5. The Morgan fingerprint density at radius 3 is 2.46 bits per heavy atom. The summed E-state index contributed by atoms with van der Waals surface area (Å²) < 4.78 is 28.9. The SMILES string of the molecule is COc1cc(-c2ccccc2)sc1C(=O)N1CCN(C2CCS(=O)(=O)C2)CC1. The van der Waals surface area contributed by atoms with Gasteiger partial charge in [0, 0.05) is 37.1 Å². The van der Waals surface area contributed by atoms with Crippen molar-refractivity contribution < 1.29 is 17.9 Å². The van der Waals surface area contributed by atoms with Crippen LogP contribution in [0.25, 0.3) is 10.4 Å². The van der Waals surface area contributed by atoms with Crippen LogP contribution in [-0.2, 0) is 9.84 Å². The second-order valence-corrected chi connectivity index (χ2v) is 10.5. The second kappa shape index (κ2) is 7.85. The van der Waals surface area contributed by atoms with Crippen LogP contribution in [0, 0.1) is 0 Å². The molecule has 150 valence electrons. The van der Waals surface area contributed by atoms with Gasteiger partial charge in [0.25, 0.3) is 5.91 Å². The Morgan fingerprint density at radius 2 is 1.86 bits per heavy atom. The van der Waals surface area contributed by atoms with Gasteiger partial charge in [0.15, 0.2) is 9.84 Å². The molecule has 4 rings (SSSR count). The van der Waals surface area contributed by atoms with Gasteiger partial charge in [-0.25, -0.2) is 8.42 Å². The highest BCUT2D eigenvalue weighted by Crippen LogP contribution is 2.37. The molecular formula is C20H24N2O4S2. The summed E-state index contributed by atoms with van der Waals surface area (Å²) in [5.41, 5.74) is 1.07. The van der Waals surface area contributed by atoms with Gasteiger partial charge >= 0.3 is 0 Å². The Kier molecular flexibility index (Phi) is 5.44. The van der Waals surface area contributed by atoms with Crippen molar-refractivity contribution in [1.82, 2.24) is 9.80 Å². The van der Waals surface area contributed by atoms with Crippen LogP contribution in [0.3, 0.4) is 0 Å². The first-order chi connectivity index (χ1) is 13.5. The Labute approximate surface area is 169 Å². The third kappa shape index (κ3) is 3.94. The maximum atomic E-state index is 13.1. The molecule has 2 aromatic rings. The molecule has 2 fully saturated rings. The van der Waals surface area contributed by atoms with Crippen molar-refractivity contribution in [1.29, 1.82) is 0 Å². The Morgan fingerprint density at radius 1 is 1.14 bits per heavy atom. The van der Waals surface area contributed by atoms with Crippen LogP contribution in [0.2, 0.25) is 0 Å². The third-order valence-electron chi connectivity index (χ3n) is 5.50. The summed E-state index contributed by atoms with van der Waals surface area (Å²) in [6, 6.07) is 12.0. The number of hydrogen-bond acceptors (Lipinski definition) is 6. The normalized spacial score (nSPS) is 22.3. The number of hydrogen-bond donors (Lipinski definition) is 0. The largest absolute Gasteiger partial charge is 0.495 e. The van der Waals surface area contributed by atoms with Gasteiger partial charge in [-0.2, -0.15) is 0 Å². The summed E-state index contributed by atoms with van der Waals surface area (Å²) in [4.78, 5) is 18.8. The highest BCUT2D eigenvalue weighted by atomic mass is 32.2. The molecule has 0 N–H and O–H groups in total. The van der Waals surface area contributed by atoms with Crippen molar-refractivity contribution in [2.75, 3.05) is 44.8 Å². The highest BCUT2D eigenvalue weighted by molar-refractivity contribution is 7.91. The van der Waals surface area contributed by atoms with Crippen LogP contribution < -0.4 is 4.74 Å². The lowest BCUT2D eigenvalue weighted by Crippen LogP contribution is -2.52. The molecular weight excluding hydrogens is 396 g/mol. The van der Waals surface area contributed by atoms with Crippen molar-refractivity contribution in [3.8, 4) is 16.2 Å². The van der Waals surface area contributed by atoms with Gasteiger partial charge in [-0.05, 0) is 18.1 Å². The number of thiophene rings is 1. The zero-order valence-electron chi connectivity index (χ0n) is 15.8. The van der Waals surface area contributed by atoms with Crippen molar-refractivity contribution in [2.24, 2.45) is 0 Å². The molecule has 28 heavy (non-hydrogen) atoms. The summed E-state index contributed by atoms with van der Waals surface area (Å²) in [7, 11) is -1.30. The maximum Gasteiger partial charge on any atom is 0.267 e. The molecule has 1 amide bonds. The number of nitrogens with zero attached hydrogens (tertiary/aromatic N) is 2. The monoisotopic (exact) mass is 420 g/mol. The molecule has 1 unspecified atom stereocenters. The summed E-state index contributed by atoms with van der Waals surface area (Å²) >= 11 is 1.46. The van der Waals surface area contributed by atoms with Gasteiger partial charge in [-0.15, -0.1) is 11.3 Å². The minimum atomic E-state index is -2.89. The van der Waals surface area contributed by atoms with Crippen LogP contribution >= 0.6 is 11.3 Å². The number of rotatable bonds is 4. The van der Waals surface area contributed by atoms with Crippen LogP contribution in [0.4, 0.5) is 0 Å². The summed E-state index contributed by atoms with van der Waals surface area (Å²) in [5, 5.41) is 0. The fourth-order valence-corrected chi connectivity index (χ4v) is 6.78. The lowest BCUT2D eigenvalue weighted by molar-refractivity contribution is 0.0589. The van der Waals surface area contributed by atoms with E-state index in [1.165, 1.54) is 11.3 Å². The predicted octanol–water partition coefficient (Wildman–Crippen LogP) is 2.37. The van der Waals surface area contributed by atoms with Gasteiger partial charge in [0.2, 0.25) is 0 Å². The van der Waals surface area contributed by atoms with E-state index in [1.54, 1.807) is 7.11 Å². The molecule has 0 spiro atoms. The molecule has 1 atom stereocenters. The van der Waals surface area contributed by atoms with Crippen LogP contribution in [0.5, 0.6) is 5.75 Å². The predicted molar refractivity (Wildman–Crippen MR) is 111 cm³/mol.